The summed E-state index contributed by atoms with van der Waals surface area (Å²) >= 11 is 0. The Hall–Kier alpha value is -2.42. The van der Waals surface area contributed by atoms with Crippen LogP contribution in [0, 0.1) is 6.92 Å². The van der Waals surface area contributed by atoms with Crippen LogP contribution in [-0.2, 0) is 0 Å². The van der Waals surface area contributed by atoms with Crippen molar-refractivity contribution in [3.05, 3.63) is 65.0 Å². The minimum Gasteiger partial charge on any atom is -0.364 e. The van der Waals surface area contributed by atoms with Crippen molar-refractivity contribution in [2.45, 2.75) is 6.92 Å². The second kappa shape index (κ2) is 5.27. The summed E-state index contributed by atoms with van der Waals surface area (Å²) in [5.41, 5.74) is 8.70. The molecule has 0 atom stereocenters. The molecule has 0 aliphatic rings. The van der Waals surface area contributed by atoms with E-state index in [1.165, 1.54) is 5.56 Å². The fraction of sp³-hybridized carbons (Fsp3) is 0.0667. The van der Waals surface area contributed by atoms with Crippen LogP contribution in [-0.4, -0.2) is 10.9 Å². The number of aryl methyl sites for hydroxylation is 1. The van der Waals surface area contributed by atoms with E-state index in [-0.39, 0.29) is 5.69 Å². The van der Waals surface area contributed by atoms with E-state index < -0.39 is 5.91 Å². The van der Waals surface area contributed by atoms with Crippen LogP contribution in [0.1, 0.15) is 27.2 Å². The fourth-order valence-corrected chi connectivity index (χ4v) is 1.56. The van der Waals surface area contributed by atoms with Crippen LogP contribution in [0.3, 0.4) is 0 Å². The van der Waals surface area contributed by atoms with Crippen LogP contribution >= 0.6 is 0 Å². The van der Waals surface area contributed by atoms with Gasteiger partial charge in [0, 0.05) is 6.20 Å². The number of benzene rings is 1. The molecular formula is C15H14N2O. The lowest BCUT2D eigenvalue weighted by atomic mass is 10.1. The van der Waals surface area contributed by atoms with Gasteiger partial charge in [-0.3, -0.25) is 9.78 Å². The van der Waals surface area contributed by atoms with Crippen molar-refractivity contribution >= 4 is 18.1 Å². The third-order valence-electron chi connectivity index (χ3n) is 2.58. The molecule has 0 radical (unpaired) electrons. The van der Waals surface area contributed by atoms with Crippen LogP contribution in [0.25, 0.3) is 12.2 Å². The van der Waals surface area contributed by atoms with Gasteiger partial charge in [0.15, 0.2) is 0 Å². The number of carbonyl (C=O) groups is 1. The average molecular weight is 238 g/mol. The minimum atomic E-state index is -0.513. The molecule has 0 bridgehead atoms. The number of primary amides is 1. The molecule has 0 saturated heterocycles. The third kappa shape index (κ3) is 3.04. The van der Waals surface area contributed by atoms with Crippen LogP contribution in [0.5, 0.6) is 0 Å². The molecule has 18 heavy (non-hydrogen) atoms. The van der Waals surface area contributed by atoms with E-state index in [0.717, 1.165) is 11.1 Å². The van der Waals surface area contributed by atoms with Crippen molar-refractivity contribution in [1.29, 1.82) is 0 Å². The molecule has 1 aromatic carbocycles. The summed E-state index contributed by atoms with van der Waals surface area (Å²) < 4.78 is 0. The van der Waals surface area contributed by atoms with Gasteiger partial charge in [0.05, 0.1) is 0 Å². The summed E-state index contributed by atoms with van der Waals surface area (Å²) in [5.74, 6) is -0.513. The zero-order chi connectivity index (χ0) is 13.0. The summed E-state index contributed by atoms with van der Waals surface area (Å²) in [6, 6.07) is 11.7. The molecule has 0 aliphatic heterocycles. The Bertz CT molecular complexity index is 586. The Morgan fingerprint density at radius 3 is 2.44 bits per heavy atom. The van der Waals surface area contributed by atoms with E-state index >= 15 is 0 Å². The molecule has 1 amide bonds. The summed E-state index contributed by atoms with van der Waals surface area (Å²) in [5, 5.41) is 0. The number of aromatic nitrogens is 1. The molecule has 0 saturated carbocycles. The topological polar surface area (TPSA) is 56.0 Å². The van der Waals surface area contributed by atoms with Crippen molar-refractivity contribution in [3.63, 3.8) is 0 Å². The van der Waals surface area contributed by atoms with Gasteiger partial charge in [-0.2, -0.15) is 0 Å². The molecule has 2 N–H and O–H groups in total. The Balaban J connectivity index is 2.20. The zero-order valence-electron chi connectivity index (χ0n) is 10.1. The molecular weight excluding hydrogens is 224 g/mol. The van der Waals surface area contributed by atoms with E-state index in [9.17, 15) is 4.79 Å². The molecule has 0 spiro atoms. The Morgan fingerprint density at radius 1 is 1.11 bits per heavy atom. The van der Waals surface area contributed by atoms with Crippen LogP contribution in [0.4, 0.5) is 0 Å². The largest absolute Gasteiger partial charge is 0.364 e. The van der Waals surface area contributed by atoms with Gasteiger partial charge in [0.25, 0.3) is 5.91 Å². The Labute approximate surface area is 106 Å². The van der Waals surface area contributed by atoms with Crippen molar-refractivity contribution < 1.29 is 4.79 Å². The maximum Gasteiger partial charge on any atom is 0.267 e. The van der Waals surface area contributed by atoms with Gasteiger partial charge in [0.1, 0.15) is 5.69 Å². The van der Waals surface area contributed by atoms with Gasteiger partial charge in [-0.25, -0.2) is 0 Å². The SMILES string of the molecule is Cc1ccc(/C=C/c2ccnc(C(N)=O)c2)cc1. The standard InChI is InChI=1S/C15H14N2O/c1-11-2-4-12(5-3-11)6-7-13-8-9-17-14(10-13)15(16)18/h2-10H,1H3,(H2,16,18)/b7-6+. The zero-order valence-corrected chi connectivity index (χ0v) is 10.1. The maximum atomic E-state index is 11.0. The summed E-state index contributed by atoms with van der Waals surface area (Å²) in [4.78, 5) is 14.9. The molecule has 2 rings (SSSR count). The molecule has 0 unspecified atom stereocenters. The predicted molar refractivity (Wildman–Crippen MR) is 72.9 cm³/mol. The summed E-state index contributed by atoms with van der Waals surface area (Å²) in [6.07, 6.45) is 5.49. The number of nitrogens with two attached hydrogens (primary N) is 1. The van der Waals surface area contributed by atoms with Gasteiger partial charge in [-0.15, -0.1) is 0 Å². The lowest BCUT2D eigenvalue weighted by Crippen LogP contribution is -2.12. The van der Waals surface area contributed by atoms with Crippen LogP contribution in [0.15, 0.2) is 42.6 Å². The van der Waals surface area contributed by atoms with Crippen LogP contribution < -0.4 is 5.73 Å². The molecule has 0 aliphatic carbocycles. The van der Waals surface area contributed by atoms with Crippen LogP contribution in [0.2, 0.25) is 0 Å². The highest BCUT2D eigenvalue weighted by Crippen LogP contribution is 2.09. The van der Waals surface area contributed by atoms with Gasteiger partial charge < -0.3 is 5.73 Å². The van der Waals surface area contributed by atoms with E-state index in [2.05, 4.69) is 24.0 Å². The first-order valence-corrected chi connectivity index (χ1v) is 5.66. The predicted octanol–water partition coefficient (Wildman–Crippen LogP) is 2.66. The summed E-state index contributed by atoms with van der Waals surface area (Å²) in [6.45, 7) is 2.05. The molecule has 2 aromatic rings. The monoisotopic (exact) mass is 238 g/mol. The number of rotatable bonds is 3. The van der Waals surface area contributed by atoms with E-state index in [1.807, 2.05) is 30.4 Å². The Kier molecular flexibility index (Phi) is 3.53. The van der Waals surface area contributed by atoms with Crippen molar-refractivity contribution in [2.24, 2.45) is 5.73 Å². The summed E-state index contributed by atoms with van der Waals surface area (Å²) in [7, 11) is 0. The van der Waals surface area contributed by atoms with Crippen molar-refractivity contribution in [3.8, 4) is 0 Å². The maximum absolute atomic E-state index is 11.0. The first-order chi connectivity index (χ1) is 8.65. The van der Waals surface area contributed by atoms with E-state index in [4.69, 9.17) is 5.73 Å². The number of amides is 1. The van der Waals surface area contributed by atoms with Gasteiger partial charge in [-0.05, 0) is 30.2 Å². The normalized spacial score (nSPS) is 10.7. The average Bonchev–Trinajstić information content (AvgIpc) is 2.38. The van der Waals surface area contributed by atoms with Crippen molar-refractivity contribution in [2.75, 3.05) is 0 Å². The quantitative estimate of drug-likeness (QED) is 0.893. The molecule has 0 fully saturated rings. The van der Waals surface area contributed by atoms with Gasteiger partial charge in [-0.1, -0.05) is 42.0 Å². The fourth-order valence-electron chi connectivity index (χ4n) is 1.56. The van der Waals surface area contributed by atoms with E-state index in [0.29, 0.717) is 0 Å². The smallest absolute Gasteiger partial charge is 0.267 e. The second-order valence-electron chi connectivity index (χ2n) is 4.08. The van der Waals surface area contributed by atoms with E-state index in [1.54, 1.807) is 12.3 Å². The third-order valence-corrected chi connectivity index (χ3v) is 2.58. The molecule has 1 heterocycles. The van der Waals surface area contributed by atoms with Gasteiger partial charge >= 0.3 is 0 Å². The first kappa shape index (κ1) is 12.0. The molecule has 90 valence electrons. The number of nitrogens with zero attached hydrogens (tertiary/aromatic N) is 1. The highest BCUT2D eigenvalue weighted by Gasteiger charge is 2.00. The molecule has 1 aromatic heterocycles. The lowest BCUT2D eigenvalue weighted by molar-refractivity contribution is 0.0995. The number of pyridine rings is 1. The number of hydrogen-bond donors (Lipinski definition) is 1. The van der Waals surface area contributed by atoms with Gasteiger partial charge in [0.2, 0.25) is 0 Å². The highest BCUT2D eigenvalue weighted by atomic mass is 16.1. The lowest BCUT2D eigenvalue weighted by Gasteiger charge is -1.97. The minimum absolute atomic E-state index is 0.279. The highest BCUT2D eigenvalue weighted by molar-refractivity contribution is 5.91. The molecule has 3 nitrogen and oxygen atoms in total. The number of carbonyl (C=O) groups excluding carboxylic acids is 1. The first-order valence-electron chi connectivity index (χ1n) is 5.66. The van der Waals surface area contributed by atoms with Crippen molar-refractivity contribution in [1.82, 2.24) is 4.98 Å². The number of hydrogen-bond acceptors (Lipinski definition) is 2. The molecule has 3 heteroatoms. The Morgan fingerprint density at radius 2 is 1.78 bits per heavy atom. The second-order valence-corrected chi connectivity index (χ2v) is 4.08.